The van der Waals surface area contributed by atoms with Gasteiger partial charge < -0.3 is 20.6 Å². The number of nitrogens with one attached hydrogen (secondary N) is 2. The lowest BCUT2D eigenvalue weighted by atomic mass is 9.91. The number of thioether (sulfide) groups is 1. The number of fused-ring (bicyclic) bond motifs is 1. The second-order valence-corrected chi connectivity index (χ2v) is 8.54. The molecule has 0 spiro atoms. The molecule has 0 unspecified atom stereocenters. The SMILES string of the molecule is CC1(C)S[C@H]2N(C(=O)[C@@]2(NC=O)NC(=O)Cc2ccccc2)[C@H]1C(=O)O. The maximum Gasteiger partial charge on any atom is 0.327 e. The van der Waals surface area contributed by atoms with E-state index in [0.717, 1.165) is 5.56 Å². The zero-order valence-electron chi connectivity index (χ0n) is 14.3. The van der Waals surface area contributed by atoms with Crippen molar-refractivity contribution in [2.45, 2.75) is 42.1 Å². The van der Waals surface area contributed by atoms with Crippen LogP contribution in [0.15, 0.2) is 30.3 Å². The predicted octanol–water partition coefficient (Wildman–Crippen LogP) is -0.0655. The Morgan fingerprint density at radius 1 is 1.31 bits per heavy atom. The van der Waals surface area contributed by atoms with Gasteiger partial charge in [-0.1, -0.05) is 30.3 Å². The number of carboxylic acids is 1. The third kappa shape index (κ3) is 2.72. The predicted molar refractivity (Wildman–Crippen MR) is 93.9 cm³/mol. The number of nitrogens with zero attached hydrogens (tertiary/aromatic N) is 1. The van der Waals surface area contributed by atoms with Crippen LogP contribution in [0.25, 0.3) is 0 Å². The Kier molecular flexibility index (Phi) is 4.43. The minimum absolute atomic E-state index is 0.0412. The number of carboxylic acid groups (broad SMARTS) is 1. The molecule has 3 rings (SSSR count). The molecule has 8 nitrogen and oxygen atoms in total. The van der Waals surface area contributed by atoms with Crippen molar-refractivity contribution in [3.63, 3.8) is 0 Å². The Morgan fingerprint density at radius 3 is 2.54 bits per heavy atom. The summed E-state index contributed by atoms with van der Waals surface area (Å²) in [7, 11) is 0. The summed E-state index contributed by atoms with van der Waals surface area (Å²) in [5.41, 5.74) is -0.863. The average Bonchev–Trinajstić information content (AvgIpc) is 2.84. The van der Waals surface area contributed by atoms with E-state index in [0.29, 0.717) is 6.41 Å². The van der Waals surface area contributed by atoms with Gasteiger partial charge in [-0.2, -0.15) is 0 Å². The molecular weight excluding hydrogens is 358 g/mol. The highest BCUT2D eigenvalue weighted by Gasteiger charge is 2.72. The van der Waals surface area contributed by atoms with Crippen LogP contribution in [-0.4, -0.2) is 56.0 Å². The number of carbonyl (C=O) groups is 4. The van der Waals surface area contributed by atoms with Crippen LogP contribution in [0.5, 0.6) is 0 Å². The fourth-order valence-corrected chi connectivity index (χ4v) is 5.14. The van der Waals surface area contributed by atoms with Gasteiger partial charge in [-0.3, -0.25) is 14.4 Å². The Bertz CT molecular complexity index is 769. The molecule has 2 aliphatic heterocycles. The third-order valence-electron chi connectivity index (χ3n) is 4.61. The Hall–Kier alpha value is -2.55. The van der Waals surface area contributed by atoms with E-state index < -0.39 is 39.6 Å². The average molecular weight is 377 g/mol. The molecule has 2 saturated heterocycles. The molecule has 2 heterocycles. The molecular formula is C17H19N3O5S. The first-order chi connectivity index (χ1) is 12.2. The zero-order chi connectivity index (χ0) is 19.1. The van der Waals surface area contributed by atoms with Gasteiger partial charge in [0.25, 0.3) is 5.91 Å². The molecule has 0 bridgehead atoms. The second-order valence-electron chi connectivity index (χ2n) is 6.81. The van der Waals surface area contributed by atoms with E-state index >= 15 is 0 Å². The van der Waals surface area contributed by atoms with Crippen LogP contribution in [0.4, 0.5) is 0 Å². The van der Waals surface area contributed by atoms with Gasteiger partial charge in [0, 0.05) is 4.75 Å². The van der Waals surface area contributed by atoms with Crippen LogP contribution in [0, 0.1) is 0 Å². The fraction of sp³-hybridized carbons (Fsp3) is 0.412. The van der Waals surface area contributed by atoms with Crippen molar-refractivity contribution in [1.29, 1.82) is 0 Å². The molecule has 1 aromatic rings. The lowest BCUT2D eigenvalue weighted by Crippen LogP contribution is -2.84. The van der Waals surface area contributed by atoms with Crippen molar-refractivity contribution in [3.8, 4) is 0 Å². The topological polar surface area (TPSA) is 116 Å². The monoisotopic (exact) mass is 377 g/mol. The van der Waals surface area contributed by atoms with E-state index in [9.17, 15) is 24.3 Å². The molecule has 0 aliphatic carbocycles. The minimum Gasteiger partial charge on any atom is -0.480 e. The molecule has 2 aliphatic rings. The standard InChI is InChI=1S/C17H19N3O5S/c1-16(2)12(13(23)24)20-14(25)17(18-9-21,15(20)26-16)19-11(22)8-10-6-4-3-5-7-10/h3-7,9,12,15H,8H2,1-2H3,(H,18,21)(H,19,22)(H,23,24)/t12-,15+,17+/m0/s1. The normalized spacial score (nSPS) is 28.7. The summed E-state index contributed by atoms with van der Waals surface area (Å²) in [4.78, 5) is 49.1. The van der Waals surface area contributed by atoms with E-state index in [4.69, 9.17) is 0 Å². The summed E-state index contributed by atoms with van der Waals surface area (Å²) >= 11 is 1.24. The molecule has 1 aromatic carbocycles. The maximum atomic E-state index is 12.8. The molecule has 0 saturated carbocycles. The first-order valence-corrected chi connectivity index (χ1v) is 8.90. The first kappa shape index (κ1) is 18.2. The number of benzene rings is 1. The summed E-state index contributed by atoms with van der Waals surface area (Å²) in [6, 6.07) is 7.95. The number of rotatable bonds is 6. The molecule has 3 N–H and O–H groups in total. The highest BCUT2D eigenvalue weighted by molar-refractivity contribution is 8.01. The lowest BCUT2D eigenvalue weighted by molar-refractivity contribution is -0.171. The number of hydrogen-bond acceptors (Lipinski definition) is 5. The van der Waals surface area contributed by atoms with E-state index in [-0.39, 0.29) is 6.42 Å². The molecule has 138 valence electrons. The van der Waals surface area contributed by atoms with Crippen molar-refractivity contribution in [3.05, 3.63) is 35.9 Å². The summed E-state index contributed by atoms with van der Waals surface area (Å²) in [6.07, 6.45) is 0.388. The number of aliphatic carboxylic acids is 1. The van der Waals surface area contributed by atoms with Crippen molar-refractivity contribution < 1.29 is 24.3 Å². The number of carbonyl (C=O) groups excluding carboxylic acids is 3. The van der Waals surface area contributed by atoms with Gasteiger partial charge in [0.2, 0.25) is 18.0 Å². The Balaban J connectivity index is 1.83. The van der Waals surface area contributed by atoms with Gasteiger partial charge in [0.1, 0.15) is 11.4 Å². The van der Waals surface area contributed by atoms with E-state index in [1.807, 2.05) is 6.07 Å². The van der Waals surface area contributed by atoms with Crippen LogP contribution in [0.3, 0.4) is 0 Å². The van der Waals surface area contributed by atoms with Gasteiger partial charge in [0.05, 0.1) is 6.42 Å². The van der Waals surface area contributed by atoms with E-state index in [1.54, 1.807) is 38.1 Å². The molecule has 2 fully saturated rings. The quantitative estimate of drug-likeness (QED) is 0.363. The van der Waals surface area contributed by atoms with Crippen molar-refractivity contribution in [2.24, 2.45) is 0 Å². The van der Waals surface area contributed by atoms with Gasteiger partial charge >= 0.3 is 5.97 Å². The van der Waals surface area contributed by atoms with Crippen LogP contribution in [0.2, 0.25) is 0 Å². The van der Waals surface area contributed by atoms with E-state index in [1.165, 1.54) is 16.7 Å². The van der Waals surface area contributed by atoms with Gasteiger partial charge in [0.15, 0.2) is 0 Å². The molecule has 26 heavy (non-hydrogen) atoms. The summed E-state index contributed by atoms with van der Waals surface area (Å²) in [5, 5.41) is 13.8. The molecule has 9 heteroatoms. The van der Waals surface area contributed by atoms with Crippen LogP contribution >= 0.6 is 11.8 Å². The number of β-lactam (4-membered cyclic amide) rings is 1. The summed E-state index contributed by atoms with van der Waals surface area (Å²) < 4.78 is -0.761. The van der Waals surface area contributed by atoms with Crippen LogP contribution < -0.4 is 10.6 Å². The van der Waals surface area contributed by atoms with Crippen molar-refractivity contribution in [2.75, 3.05) is 0 Å². The molecule has 3 atom stereocenters. The largest absolute Gasteiger partial charge is 0.480 e. The van der Waals surface area contributed by atoms with Crippen molar-refractivity contribution in [1.82, 2.24) is 15.5 Å². The van der Waals surface area contributed by atoms with Gasteiger partial charge in [-0.15, -0.1) is 11.8 Å². The number of hydrogen-bond donors (Lipinski definition) is 3. The zero-order valence-corrected chi connectivity index (χ0v) is 15.1. The maximum absolute atomic E-state index is 12.8. The van der Waals surface area contributed by atoms with Crippen molar-refractivity contribution >= 4 is 36.0 Å². The third-order valence-corrected chi connectivity index (χ3v) is 6.25. The lowest BCUT2D eigenvalue weighted by Gasteiger charge is -2.52. The molecule has 3 amide bonds. The Labute approximate surface area is 154 Å². The Morgan fingerprint density at radius 2 is 1.96 bits per heavy atom. The number of amides is 3. The fourth-order valence-electron chi connectivity index (χ4n) is 3.48. The van der Waals surface area contributed by atoms with E-state index in [2.05, 4.69) is 10.6 Å². The first-order valence-electron chi connectivity index (χ1n) is 8.02. The minimum atomic E-state index is -1.63. The molecule has 0 aromatic heterocycles. The van der Waals surface area contributed by atoms with Crippen LogP contribution in [-0.2, 0) is 25.6 Å². The van der Waals surface area contributed by atoms with Gasteiger partial charge in [-0.25, -0.2) is 4.79 Å². The summed E-state index contributed by atoms with van der Waals surface area (Å²) in [6.45, 7) is 3.44. The summed E-state index contributed by atoms with van der Waals surface area (Å²) in [5.74, 6) is -2.18. The highest BCUT2D eigenvalue weighted by Crippen LogP contribution is 2.53. The van der Waals surface area contributed by atoms with Gasteiger partial charge in [-0.05, 0) is 19.4 Å². The second kappa shape index (κ2) is 6.31. The smallest absolute Gasteiger partial charge is 0.327 e. The molecule has 0 radical (unpaired) electrons. The van der Waals surface area contributed by atoms with Crippen LogP contribution in [0.1, 0.15) is 19.4 Å². The highest BCUT2D eigenvalue weighted by atomic mass is 32.2.